The second kappa shape index (κ2) is 14.4. The van der Waals surface area contributed by atoms with Crippen molar-refractivity contribution in [1.29, 1.82) is 0 Å². The molecule has 3 atom stereocenters. The van der Waals surface area contributed by atoms with Crippen LogP contribution in [0, 0.1) is 5.92 Å². The lowest BCUT2D eigenvalue weighted by atomic mass is 9.82. The molecule has 2 aliphatic rings. The predicted octanol–water partition coefficient (Wildman–Crippen LogP) is 11.6. The fourth-order valence-electron chi connectivity index (χ4n) is 7.30. The smallest absolute Gasteiger partial charge is 0.133 e. The first-order valence-corrected chi connectivity index (χ1v) is 17.6. The van der Waals surface area contributed by atoms with Crippen LogP contribution in [0.5, 0.6) is 5.75 Å². The van der Waals surface area contributed by atoms with Gasteiger partial charge in [-0.3, -0.25) is 0 Å². The standard InChI is InChI=1S/C48H39NO2/c50-46-32-38(25-28-42(46)35-15-6-2-7-16-35)34-23-26-40(27-24-34)49-45-30-29-43(36-17-8-3-9-18-36)48(51)47(45)44-22-11-10-21-41(44)39-20-12-19-37(31-39)33-13-4-1-5-14-33/h1-23,25-32,34,42,46,49-51H,24H2. The van der Waals surface area contributed by atoms with E-state index >= 15 is 0 Å². The normalized spacial score (nSPS) is 18.2. The lowest BCUT2D eigenvalue weighted by molar-refractivity contribution is 0.204. The third-order valence-corrected chi connectivity index (χ3v) is 9.96. The van der Waals surface area contributed by atoms with Crippen molar-refractivity contribution in [2.45, 2.75) is 18.4 Å². The maximum absolute atomic E-state index is 12.1. The highest BCUT2D eigenvalue weighted by molar-refractivity contribution is 5.97. The van der Waals surface area contributed by atoms with E-state index in [0.29, 0.717) is 0 Å². The van der Waals surface area contributed by atoms with Gasteiger partial charge in [-0.1, -0.05) is 164 Å². The van der Waals surface area contributed by atoms with Gasteiger partial charge in [-0.25, -0.2) is 0 Å². The summed E-state index contributed by atoms with van der Waals surface area (Å²) in [6.07, 6.45) is 13.0. The van der Waals surface area contributed by atoms with Crippen LogP contribution in [0.25, 0.3) is 44.5 Å². The van der Waals surface area contributed by atoms with Gasteiger partial charge < -0.3 is 15.5 Å². The Kier molecular flexibility index (Phi) is 9.03. The van der Waals surface area contributed by atoms with Gasteiger partial charge in [0.1, 0.15) is 5.75 Å². The molecule has 0 aromatic heterocycles. The fourth-order valence-corrected chi connectivity index (χ4v) is 7.30. The highest BCUT2D eigenvalue weighted by Gasteiger charge is 2.24. The summed E-state index contributed by atoms with van der Waals surface area (Å²) >= 11 is 0. The summed E-state index contributed by atoms with van der Waals surface area (Å²) in [5.74, 6) is 0.364. The second-order valence-corrected chi connectivity index (χ2v) is 13.2. The zero-order valence-electron chi connectivity index (χ0n) is 28.2. The summed E-state index contributed by atoms with van der Waals surface area (Å²) in [4.78, 5) is 0. The van der Waals surface area contributed by atoms with Crippen molar-refractivity contribution in [3.05, 3.63) is 205 Å². The molecular formula is C48H39NO2. The van der Waals surface area contributed by atoms with Gasteiger partial charge in [0.25, 0.3) is 0 Å². The molecule has 0 bridgehead atoms. The van der Waals surface area contributed by atoms with Gasteiger partial charge >= 0.3 is 0 Å². The number of allylic oxidation sites excluding steroid dienone is 5. The molecule has 6 aromatic carbocycles. The number of aliphatic hydroxyl groups is 1. The molecule has 2 aliphatic carbocycles. The largest absolute Gasteiger partial charge is 0.507 e. The maximum atomic E-state index is 12.1. The molecule has 0 spiro atoms. The van der Waals surface area contributed by atoms with Crippen molar-refractivity contribution < 1.29 is 10.2 Å². The van der Waals surface area contributed by atoms with E-state index in [1.54, 1.807) is 0 Å². The monoisotopic (exact) mass is 661 g/mol. The van der Waals surface area contributed by atoms with Gasteiger partial charge in [-0.2, -0.15) is 0 Å². The first-order valence-electron chi connectivity index (χ1n) is 17.6. The van der Waals surface area contributed by atoms with Crippen molar-refractivity contribution in [3.8, 4) is 50.3 Å². The molecule has 8 rings (SSSR count). The molecule has 3 N–H and O–H groups in total. The molecular weight excluding hydrogens is 623 g/mol. The minimum Gasteiger partial charge on any atom is -0.507 e. The predicted molar refractivity (Wildman–Crippen MR) is 211 cm³/mol. The number of hydrogen-bond acceptors (Lipinski definition) is 3. The zero-order chi connectivity index (χ0) is 34.6. The highest BCUT2D eigenvalue weighted by Crippen LogP contribution is 2.47. The lowest BCUT2D eigenvalue weighted by Gasteiger charge is -2.26. The first-order chi connectivity index (χ1) is 25.1. The maximum Gasteiger partial charge on any atom is 0.133 e. The summed E-state index contributed by atoms with van der Waals surface area (Å²) in [7, 11) is 0. The van der Waals surface area contributed by atoms with Gasteiger partial charge in [-0.15, -0.1) is 0 Å². The molecule has 0 heterocycles. The van der Waals surface area contributed by atoms with E-state index in [1.165, 1.54) is 0 Å². The van der Waals surface area contributed by atoms with E-state index in [2.05, 4.69) is 121 Å². The molecule has 0 aliphatic heterocycles. The number of benzene rings is 6. The van der Waals surface area contributed by atoms with Crippen molar-refractivity contribution >= 4 is 5.69 Å². The Morgan fingerprint density at radius 3 is 1.90 bits per heavy atom. The Morgan fingerprint density at radius 2 is 1.20 bits per heavy atom. The van der Waals surface area contributed by atoms with Crippen molar-refractivity contribution in [3.63, 3.8) is 0 Å². The molecule has 0 saturated heterocycles. The Morgan fingerprint density at radius 1 is 0.549 bits per heavy atom. The second-order valence-electron chi connectivity index (χ2n) is 13.2. The topological polar surface area (TPSA) is 52.5 Å². The van der Waals surface area contributed by atoms with Crippen molar-refractivity contribution in [1.82, 2.24) is 0 Å². The van der Waals surface area contributed by atoms with Crippen molar-refractivity contribution in [2.75, 3.05) is 5.32 Å². The van der Waals surface area contributed by atoms with Crippen LogP contribution >= 0.6 is 0 Å². The van der Waals surface area contributed by atoms with Gasteiger partial charge in [-0.05, 0) is 75.2 Å². The molecule has 0 fully saturated rings. The van der Waals surface area contributed by atoms with E-state index < -0.39 is 6.10 Å². The van der Waals surface area contributed by atoms with E-state index in [1.807, 2.05) is 72.8 Å². The number of hydrogen-bond donors (Lipinski definition) is 3. The molecule has 6 aromatic rings. The number of anilines is 1. The Labute approximate surface area is 299 Å². The van der Waals surface area contributed by atoms with E-state index in [0.717, 1.165) is 73.4 Å². The van der Waals surface area contributed by atoms with Gasteiger partial charge in [0.2, 0.25) is 0 Å². The van der Waals surface area contributed by atoms with E-state index in [9.17, 15) is 10.2 Å². The number of aromatic hydroxyl groups is 1. The molecule has 3 unspecified atom stereocenters. The average molecular weight is 662 g/mol. The van der Waals surface area contributed by atoms with Gasteiger partial charge in [0, 0.05) is 28.7 Å². The van der Waals surface area contributed by atoms with Crippen LogP contribution in [0.4, 0.5) is 5.69 Å². The Hall–Kier alpha value is -6.16. The molecule has 3 heteroatoms. The van der Waals surface area contributed by atoms with Gasteiger partial charge in [0.05, 0.1) is 11.8 Å². The molecule has 3 nitrogen and oxygen atoms in total. The summed E-state index contributed by atoms with van der Waals surface area (Å²) in [5, 5.41) is 26.8. The van der Waals surface area contributed by atoms with Crippen LogP contribution in [0.1, 0.15) is 17.9 Å². The number of rotatable bonds is 8. The van der Waals surface area contributed by atoms with Crippen LogP contribution in [0.2, 0.25) is 0 Å². The number of aliphatic hydroxyl groups excluding tert-OH is 1. The fraction of sp³-hybridized carbons (Fsp3) is 0.0833. The van der Waals surface area contributed by atoms with Crippen LogP contribution in [0.15, 0.2) is 199 Å². The minimum absolute atomic E-state index is 0.0380. The first kappa shape index (κ1) is 32.1. The minimum atomic E-state index is -0.564. The summed E-state index contributed by atoms with van der Waals surface area (Å²) < 4.78 is 0. The van der Waals surface area contributed by atoms with Crippen LogP contribution in [0.3, 0.4) is 0 Å². The van der Waals surface area contributed by atoms with Crippen LogP contribution in [-0.4, -0.2) is 16.3 Å². The summed E-state index contributed by atoms with van der Waals surface area (Å²) in [6, 6.07) is 51.6. The van der Waals surface area contributed by atoms with E-state index in [-0.39, 0.29) is 17.6 Å². The van der Waals surface area contributed by atoms with Gasteiger partial charge in [0.15, 0.2) is 0 Å². The average Bonchev–Trinajstić information content (AvgIpc) is 3.19. The van der Waals surface area contributed by atoms with Crippen LogP contribution in [-0.2, 0) is 0 Å². The molecule has 0 saturated carbocycles. The quantitative estimate of drug-likeness (QED) is 0.152. The highest BCUT2D eigenvalue weighted by atomic mass is 16.3. The number of nitrogens with one attached hydrogen (secondary N) is 1. The lowest BCUT2D eigenvalue weighted by Crippen LogP contribution is -2.19. The van der Waals surface area contributed by atoms with E-state index in [4.69, 9.17) is 0 Å². The van der Waals surface area contributed by atoms with Crippen molar-refractivity contribution in [2.24, 2.45) is 5.92 Å². The summed E-state index contributed by atoms with van der Waals surface area (Å²) in [6.45, 7) is 0. The Bertz CT molecular complexity index is 2280. The summed E-state index contributed by atoms with van der Waals surface area (Å²) in [5.41, 5.74) is 11.9. The molecule has 0 radical (unpaired) electrons. The Balaban J connectivity index is 1.12. The SMILES string of the molecule is Oc1c(-c2ccccc2)ccc(NC2=CCC(C3=CC(O)C(c4ccccc4)C=C3)C=C2)c1-c1ccccc1-c1cccc(-c2ccccc2)c1. The molecule has 248 valence electrons. The zero-order valence-corrected chi connectivity index (χ0v) is 28.2. The molecule has 51 heavy (non-hydrogen) atoms. The third-order valence-electron chi connectivity index (χ3n) is 9.96. The molecule has 0 amide bonds. The van der Waals surface area contributed by atoms with Crippen LogP contribution < -0.4 is 5.32 Å². The number of phenols is 1. The third kappa shape index (κ3) is 6.72. The number of phenolic OH excluding ortho intramolecular Hbond substituents is 1.